The van der Waals surface area contributed by atoms with E-state index in [4.69, 9.17) is 0 Å². The fourth-order valence-corrected chi connectivity index (χ4v) is 4.06. The molecule has 156 valence electrons. The molecule has 31 heavy (non-hydrogen) atoms. The Balaban J connectivity index is 1.94. The number of nitrogens with zero attached hydrogens (tertiary/aromatic N) is 4. The summed E-state index contributed by atoms with van der Waals surface area (Å²) in [7, 11) is 1.90. The van der Waals surface area contributed by atoms with E-state index in [0.717, 1.165) is 11.1 Å². The van der Waals surface area contributed by atoms with Gasteiger partial charge in [-0.25, -0.2) is 0 Å². The van der Waals surface area contributed by atoms with Gasteiger partial charge >= 0.3 is 0 Å². The maximum atomic E-state index is 12.3. The summed E-state index contributed by atoms with van der Waals surface area (Å²) in [4.78, 5) is 18.5. The van der Waals surface area contributed by atoms with Crippen molar-refractivity contribution in [2.45, 2.75) is 25.3 Å². The number of aliphatic imine (C=N–C) groups is 1. The Hall–Kier alpha value is -3.85. The Morgan fingerprint density at radius 1 is 1.13 bits per heavy atom. The molecule has 4 rings (SSSR count). The van der Waals surface area contributed by atoms with Crippen LogP contribution >= 0.6 is 0 Å². The van der Waals surface area contributed by atoms with Crippen LogP contribution in [0.5, 0.6) is 5.75 Å². The fourth-order valence-electron chi connectivity index (χ4n) is 4.06. The van der Waals surface area contributed by atoms with Crippen LogP contribution in [0.4, 0.5) is 0 Å². The van der Waals surface area contributed by atoms with E-state index in [0.29, 0.717) is 24.5 Å². The molecule has 0 amide bonds. The van der Waals surface area contributed by atoms with E-state index in [1.807, 2.05) is 55.3 Å². The standard InChI is InChI=1S/C25H24N4O2/c1-3-4-15-26-25-23-24(31)21(30)16-27-29(23)20(17-28(25)2)22(18-11-7-5-8-12-18)19-13-9-6-10-14-19/h5-14,16,20,22,31H,3,17H2,1-2H3/b26-25-. The lowest BCUT2D eigenvalue weighted by Gasteiger charge is -2.39. The monoisotopic (exact) mass is 412 g/mol. The van der Waals surface area contributed by atoms with Gasteiger partial charge in [-0.3, -0.25) is 9.48 Å². The number of likely N-dealkylation sites (N-methyl/N-ethyl adjacent to an activating group) is 1. The maximum absolute atomic E-state index is 12.3. The summed E-state index contributed by atoms with van der Waals surface area (Å²) >= 11 is 0. The van der Waals surface area contributed by atoms with E-state index < -0.39 is 5.43 Å². The average molecular weight is 412 g/mol. The van der Waals surface area contributed by atoms with Crippen LogP contribution in [0.1, 0.15) is 42.1 Å². The largest absolute Gasteiger partial charge is 0.503 e. The molecule has 1 aliphatic heterocycles. The Kier molecular flexibility index (Phi) is 5.85. The van der Waals surface area contributed by atoms with Crippen molar-refractivity contribution in [3.63, 3.8) is 0 Å². The van der Waals surface area contributed by atoms with Gasteiger partial charge in [0.25, 0.3) is 0 Å². The second kappa shape index (κ2) is 8.88. The van der Waals surface area contributed by atoms with Crippen molar-refractivity contribution in [2.24, 2.45) is 4.99 Å². The topological polar surface area (TPSA) is 70.7 Å². The van der Waals surface area contributed by atoms with E-state index in [-0.39, 0.29) is 17.7 Å². The third-order valence-corrected chi connectivity index (χ3v) is 5.45. The number of benzene rings is 2. The first kappa shape index (κ1) is 20.4. The average Bonchev–Trinajstić information content (AvgIpc) is 2.80. The Morgan fingerprint density at radius 3 is 2.32 bits per heavy atom. The van der Waals surface area contributed by atoms with Gasteiger partial charge in [-0.05, 0) is 11.1 Å². The van der Waals surface area contributed by atoms with Gasteiger partial charge in [-0.2, -0.15) is 10.1 Å². The highest BCUT2D eigenvalue weighted by Crippen LogP contribution is 2.39. The van der Waals surface area contributed by atoms with Crippen LogP contribution in [-0.4, -0.2) is 39.2 Å². The first-order chi connectivity index (χ1) is 15.1. The number of hydrogen-bond donors (Lipinski definition) is 1. The smallest absolute Gasteiger partial charge is 0.242 e. The molecule has 3 aromatic rings. The zero-order valence-electron chi connectivity index (χ0n) is 17.6. The van der Waals surface area contributed by atoms with Crippen molar-refractivity contribution >= 4 is 5.84 Å². The number of amidine groups is 1. The summed E-state index contributed by atoms with van der Waals surface area (Å²) < 4.78 is 1.73. The van der Waals surface area contributed by atoms with Crippen LogP contribution in [0.25, 0.3) is 0 Å². The van der Waals surface area contributed by atoms with Gasteiger partial charge in [0.15, 0.2) is 11.6 Å². The van der Waals surface area contributed by atoms with Crippen LogP contribution in [0.2, 0.25) is 0 Å². The van der Waals surface area contributed by atoms with Gasteiger partial charge in [0.2, 0.25) is 5.43 Å². The third kappa shape index (κ3) is 3.95. The van der Waals surface area contributed by atoms with Gasteiger partial charge in [-0.15, -0.1) is 0 Å². The second-order valence-corrected chi connectivity index (χ2v) is 7.48. The van der Waals surface area contributed by atoms with Gasteiger partial charge in [0.05, 0.1) is 12.2 Å². The number of rotatable bonds is 3. The van der Waals surface area contributed by atoms with Gasteiger partial charge in [0, 0.05) is 32.0 Å². The molecule has 0 bridgehead atoms. The van der Waals surface area contributed by atoms with E-state index in [2.05, 4.69) is 46.3 Å². The molecule has 0 spiro atoms. The SMILES string of the molecule is CCC#C/N=C1/c2c(O)c(=O)cnn2C(C(c2ccccc2)c2ccccc2)CN1C. The maximum Gasteiger partial charge on any atom is 0.242 e. The molecule has 0 saturated carbocycles. The van der Waals surface area contributed by atoms with Crippen molar-refractivity contribution in [1.29, 1.82) is 0 Å². The molecular weight excluding hydrogens is 388 g/mol. The quantitative estimate of drug-likeness (QED) is 0.670. The predicted octanol–water partition coefficient (Wildman–Crippen LogP) is 3.39. The van der Waals surface area contributed by atoms with Crippen LogP contribution in [-0.2, 0) is 0 Å². The predicted molar refractivity (Wildman–Crippen MR) is 121 cm³/mol. The highest BCUT2D eigenvalue weighted by atomic mass is 16.3. The van der Waals surface area contributed by atoms with E-state index >= 15 is 0 Å². The number of fused-ring (bicyclic) bond motifs is 1. The molecule has 0 fully saturated rings. The Labute approximate surface area is 181 Å². The number of hydrogen-bond acceptors (Lipinski definition) is 4. The molecule has 0 radical (unpaired) electrons. The minimum Gasteiger partial charge on any atom is -0.503 e. The lowest BCUT2D eigenvalue weighted by molar-refractivity contribution is 0.289. The fraction of sp³-hybridized carbons (Fsp3) is 0.240. The lowest BCUT2D eigenvalue weighted by atomic mass is 9.84. The molecule has 1 aromatic heterocycles. The van der Waals surface area contributed by atoms with Crippen molar-refractivity contribution < 1.29 is 5.11 Å². The molecule has 6 heteroatoms. The van der Waals surface area contributed by atoms with Crippen LogP contribution in [0.15, 0.2) is 76.6 Å². The summed E-state index contributed by atoms with van der Waals surface area (Å²) in [6.45, 7) is 2.53. The van der Waals surface area contributed by atoms with Crippen molar-refractivity contribution in [3.8, 4) is 17.7 Å². The summed E-state index contributed by atoms with van der Waals surface area (Å²) in [6, 6.07) is 23.0. The Bertz CT molecular complexity index is 1170. The van der Waals surface area contributed by atoms with Crippen molar-refractivity contribution in [1.82, 2.24) is 14.7 Å². The highest BCUT2D eigenvalue weighted by Gasteiger charge is 2.37. The van der Waals surface area contributed by atoms with Crippen LogP contribution in [0.3, 0.4) is 0 Å². The molecule has 1 N–H and O–H groups in total. The van der Waals surface area contributed by atoms with Gasteiger partial charge < -0.3 is 10.0 Å². The molecule has 6 nitrogen and oxygen atoms in total. The zero-order chi connectivity index (χ0) is 21.8. The zero-order valence-corrected chi connectivity index (χ0v) is 17.6. The summed E-state index contributed by atoms with van der Waals surface area (Å²) in [6.07, 6.45) is 1.83. The molecule has 0 saturated heterocycles. The summed E-state index contributed by atoms with van der Waals surface area (Å²) in [5.41, 5.74) is 2.02. The first-order valence-corrected chi connectivity index (χ1v) is 10.3. The molecule has 1 aliphatic rings. The number of aromatic hydroxyl groups is 1. The summed E-state index contributed by atoms with van der Waals surface area (Å²) in [5.74, 6) is 2.96. The summed E-state index contributed by atoms with van der Waals surface area (Å²) in [5, 5.41) is 15.1. The molecule has 1 atom stereocenters. The Morgan fingerprint density at radius 2 is 1.74 bits per heavy atom. The van der Waals surface area contributed by atoms with Crippen LogP contribution < -0.4 is 5.43 Å². The molecule has 0 aliphatic carbocycles. The normalized spacial score (nSPS) is 16.7. The first-order valence-electron chi connectivity index (χ1n) is 10.3. The van der Waals surface area contributed by atoms with Crippen molar-refractivity contribution in [2.75, 3.05) is 13.6 Å². The second-order valence-electron chi connectivity index (χ2n) is 7.48. The van der Waals surface area contributed by atoms with Crippen molar-refractivity contribution in [3.05, 3.63) is 93.9 Å². The third-order valence-electron chi connectivity index (χ3n) is 5.45. The molecule has 2 aromatic carbocycles. The number of aromatic nitrogens is 2. The highest BCUT2D eigenvalue weighted by molar-refractivity contribution is 6.00. The minimum absolute atomic E-state index is 0.0405. The lowest BCUT2D eigenvalue weighted by Crippen LogP contribution is -2.45. The van der Waals surface area contributed by atoms with Gasteiger partial charge in [-0.1, -0.05) is 73.5 Å². The molecule has 1 unspecified atom stereocenters. The van der Waals surface area contributed by atoms with Crippen LogP contribution in [0, 0.1) is 12.0 Å². The minimum atomic E-state index is -0.535. The van der Waals surface area contributed by atoms with E-state index in [1.165, 1.54) is 6.20 Å². The van der Waals surface area contributed by atoms with Gasteiger partial charge in [0.1, 0.15) is 5.69 Å². The molecular formula is C25H24N4O2. The van der Waals surface area contributed by atoms with E-state index in [9.17, 15) is 9.90 Å². The van der Waals surface area contributed by atoms with E-state index in [1.54, 1.807) is 4.68 Å². The molecule has 2 heterocycles.